The van der Waals surface area contributed by atoms with Gasteiger partial charge >= 0.3 is 0 Å². The molecule has 0 saturated heterocycles. The molecule has 0 spiro atoms. The first-order valence-electron chi connectivity index (χ1n) is 2.44. The molecule has 0 aliphatic rings. The molecule has 3 nitrogen and oxygen atoms in total. The average Bonchev–Trinajstić information content (AvgIpc) is 1.95. The second-order valence-electron chi connectivity index (χ2n) is 1.57. The maximum atomic E-state index is 12.4. The summed E-state index contributed by atoms with van der Waals surface area (Å²) in [5.41, 5.74) is 1.56. The first-order valence-corrected chi connectivity index (χ1v) is 3.52. The summed E-state index contributed by atoms with van der Waals surface area (Å²) in [7, 11) is 0. The van der Waals surface area contributed by atoms with Gasteiger partial charge in [-0.15, -0.1) is 0 Å². The molecule has 0 bridgehead atoms. The van der Waals surface area contributed by atoms with Crippen LogP contribution in [0.15, 0.2) is 12.1 Å². The van der Waals surface area contributed by atoms with Gasteiger partial charge in [0.25, 0.3) is 0 Å². The van der Waals surface area contributed by atoms with E-state index < -0.39 is 5.82 Å². The lowest BCUT2D eigenvalue weighted by Gasteiger charge is -2.07. The maximum Gasteiger partial charge on any atom is 0.155 e. The highest BCUT2D eigenvalue weighted by molar-refractivity contribution is 14.1. The maximum absolute atomic E-state index is 12.4. The lowest BCUT2D eigenvalue weighted by Crippen LogP contribution is -1.93. The summed E-state index contributed by atoms with van der Waals surface area (Å²) < 4.78 is 12.6. The molecule has 0 unspecified atom stereocenters. The number of rotatable bonds is 1. The predicted molar refractivity (Wildman–Crippen MR) is 43.9 cm³/mol. The fourth-order valence-electron chi connectivity index (χ4n) is 0.474. The molecule has 5 heteroatoms. The van der Waals surface area contributed by atoms with Gasteiger partial charge in [0.15, 0.2) is 5.82 Å². The fourth-order valence-corrected chi connectivity index (χ4v) is 0.914. The largest absolute Gasteiger partial charge is 0.760 e. The van der Waals surface area contributed by atoms with Gasteiger partial charge in [0, 0.05) is 0 Å². The standard InChI is InChI=1S/C5H3FIN2O/c6-3-1-2-4(9-10)8-5(3)7/h1-2H,(H-,8,9,10)/q-1. The van der Waals surface area contributed by atoms with E-state index in [1.165, 1.54) is 12.1 Å². The molecule has 1 rings (SSSR count). The van der Waals surface area contributed by atoms with Crippen molar-refractivity contribution in [3.63, 3.8) is 0 Å². The number of hydrogen-bond acceptors (Lipinski definition) is 3. The van der Waals surface area contributed by atoms with Crippen molar-refractivity contribution < 1.29 is 4.39 Å². The van der Waals surface area contributed by atoms with Crippen LogP contribution >= 0.6 is 22.6 Å². The van der Waals surface area contributed by atoms with Gasteiger partial charge in [-0.25, -0.2) is 9.37 Å². The van der Waals surface area contributed by atoms with Crippen molar-refractivity contribution in [1.29, 1.82) is 0 Å². The van der Waals surface area contributed by atoms with E-state index in [1.807, 2.05) is 0 Å². The van der Waals surface area contributed by atoms with Crippen LogP contribution in [-0.4, -0.2) is 4.98 Å². The summed E-state index contributed by atoms with van der Waals surface area (Å²) in [6.45, 7) is 0. The van der Waals surface area contributed by atoms with Crippen LogP contribution < -0.4 is 5.48 Å². The van der Waals surface area contributed by atoms with Gasteiger partial charge in [0.1, 0.15) is 9.52 Å². The number of anilines is 1. The minimum Gasteiger partial charge on any atom is -0.760 e. The Morgan fingerprint density at radius 1 is 1.60 bits per heavy atom. The van der Waals surface area contributed by atoms with Crippen molar-refractivity contribution in [2.24, 2.45) is 0 Å². The van der Waals surface area contributed by atoms with Crippen LogP contribution in [0.25, 0.3) is 0 Å². The molecule has 0 atom stereocenters. The number of halogens is 2. The summed E-state index contributed by atoms with van der Waals surface area (Å²) in [5, 5.41) is 9.96. The number of hydrogen-bond donors (Lipinski definition) is 1. The van der Waals surface area contributed by atoms with Gasteiger partial charge in [0.2, 0.25) is 0 Å². The lowest BCUT2D eigenvalue weighted by atomic mass is 10.4. The van der Waals surface area contributed by atoms with Gasteiger partial charge in [-0.1, -0.05) is 0 Å². The highest BCUT2D eigenvalue weighted by Crippen LogP contribution is 2.10. The molecular formula is C5H3FIN2O-. The van der Waals surface area contributed by atoms with Crippen LogP contribution in [0.4, 0.5) is 10.2 Å². The van der Waals surface area contributed by atoms with E-state index in [1.54, 1.807) is 28.1 Å². The zero-order chi connectivity index (χ0) is 7.56. The van der Waals surface area contributed by atoms with Crippen LogP contribution in [0.3, 0.4) is 0 Å². The number of aromatic nitrogens is 1. The minimum absolute atomic E-state index is 0.130. The highest BCUT2D eigenvalue weighted by Gasteiger charge is 1.97. The van der Waals surface area contributed by atoms with Crippen LogP contribution in [0.2, 0.25) is 0 Å². The third-order valence-corrected chi connectivity index (χ3v) is 1.66. The Morgan fingerprint density at radius 2 is 2.30 bits per heavy atom. The smallest absolute Gasteiger partial charge is 0.155 e. The Balaban J connectivity index is 3.04. The van der Waals surface area contributed by atoms with Gasteiger partial charge in [0.05, 0.1) is 0 Å². The molecule has 0 aliphatic carbocycles. The molecule has 0 saturated carbocycles. The second-order valence-corrected chi connectivity index (χ2v) is 2.59. The third-order valence-electron chi connectivity index (χ3n) is 0.908. The molecule has 1 heterocycles. The van der Waals surface area contributed by atoms with Crippen LogP contribution in [0.1, 0.15) is 0 Å². The van der Waals surface area contributed by atoms with Crippen molar-refractivity contribution in [1.82, 2.24) is 4.98 Å². The molecule has 1 aromatic heterocycles. The predicted octanol–water partition coefficient (Wildman–Crippen LogP) is 1.73. The van der Waals surface area contributed by atoms with E-state index in [9.17, 15) is 9.60 Å². The molecule has 0 aromatic carbocycles. The fraction of sp³-hybridized carbons (Fsp3) is 0. The normalized spacial score (nSPS) is 9.50. The monoisotopic (exact) mass is 253 g/mol. The summed E-state index contributed by atoms with van der Waals surface area (Å²) in [6.07, 6.45) is 0. The van der Waals surface area contributed by atoms with Crippen LogP contribution in [0, 0.1) is 14.7 Å². The molecule has 54 valence electrons. The van der Waals surface area contributed by atoms with Crippen molar-refractivity contribution >= 4 is 28.4 Å². The lowest BCUT2D eigenvalue weighted by molar-refractivity contribution is 0.612. The number of nitrogens with one attached hydrogen (secondary N) is 1. The van der Waals surface area contributed by atoms with Crippen LogP contribution in [0.5, 0.6) is 0 Å². The van der Waals surface area contributed by atoms with Crippen molar-refractivity contribution in [3.8, 4) is 0 Å². The molecule has 0 radical (unpaired) electrons. The van der Waals surface area contributed by atoms with Gasteiger partial charge in [-0.3, -0.25) is 0 Å². The van der Waals surface area contributed by atoms with E-state index in [-0.39, 0.29) is 9.52 Å². The van der Waals surface area contributed by atoms with E-state index >= 15 is 0 Å². The zero-order valence-electron chi connectivity index (χ0n) is 4.77. The number of pyridine rings is 1. The van der Waals surface area contributed by atoms with E-state index in [2.05, 4.69) is 4.98 Å². The molecule has 0 fully saturated rings. The Kier molecular flexibility index (Phi) is 2.39. The Morgan fingerprint density at radius 3 is 2.80 bits per heavy atom. The Labute approximate surface area is 70.4 Å². The number of nitrogens with zero attached hydrogens (tertiary/aromatic N) is 1. The molecule has 0 amide bonds. The van der Waals surface area contributed by atoms with Gasteiger partial charge in [-0.2, -0.15) is 0 Å². The molecule has 0 aliphatic heterocycles. The first-order chi connectivity index (χ1) is 4.74. The minimum atomic E-state index is -0.417. The first kappa shape index (κ1) is 7.67. The molecule has 10 heavy (non-hydrogen) atoms. The third kappa shape index (κ3) is 1.54. The molecule has 1 aromatic rings. The Hall–Kier alpha value is -0.430. The van der Waals surface area contributed by atoms with Crippen molar-refractivity contribution in [3.05, 3.63) is 26.9 Å². The quantitative estimate of drug-likeness (QED) is 0.471. The van der Waals surface area contributed by atoms with Crippen molar-refractivity contribution in [2.75, 3.05) is 5.48 Å². The van der Waals surface area contributed by atoms with E-state index in [0.29, 0.717) is 0 Å². The van der Waals surface area contributed by atoms with Crippen molar-refractivity contribution in [2.45, 2.75) is 0 Å². The van der Waals surface area contributed by atoms with Gasteiger partial charge < -0.3 is 10.7 Å². The molecular weight excluding hydrogens is 250 g/mol. The topological polar surface area (TPSA) is 48.0 Å². The second kappa shape index (κ2) is 3.11. The SMILES string of the molecule is [O-]Nc1ccc(F)c(I)n1. The summed E-state index contributed by atoms with van der Waals surface area (Å²) in [4.78, 5) is 3.58. The van der Waals surface area contributed by atoms with E-state index in [4.69, 9.17) is 0 Å². The summed E-state index contributed by atoms with van der Waals surface area (Å²) in [5.74, 6) is -0.287. The van der Waals surface area contributed by atoms with E-state index in [0.717, 1.165) is 0 Å². The highest BCUT2D eigenvalue weighted by atomic mass is 127. The van der Waals surface area contributed by atoms with Gasteiger partial charge in [-0.05, 0) is 34.7 Å². The summed E-state index contributed by atoms with van der Waals surface area (Å²) in [6, 6.07) is 2.47. The van der Waals surface area contributed by atoms with Crippen LogP contribution in [-0.2, 0) is 0 Å². The average molecular weight is 253 g/mol. The molecule has 1 N–H and O–H groups in total. The summed E-state index contributed by atoms with van der Waals surface area (Å²) >= 11 is 1.71. The Bertz CT molecular complexity index is 243. The zero-order valence-corrected chi connectivity index (χ0v) is 6.92.